The van der Waals surface area contributed by atoms with Gasteiger partial charge in [-0.2, -0.15) is 0 Å². The number of anilines is 1. The van der Waals surface area contributed by atoms with Gasteiger partial charge in [0, 0.05) is 37.3 Å². The summed E-state index contributed by atoms with van der Waals surface area (Å²) in [4.78, 5) is 25.8. The summed E-state index contributed by atoms with van der Waals surface area (Å²) in [5.74, 6) is 2.16. The fourth-order valence-electron chi connectivity index (χ4n) is 3.87. The van der Waals surface area contributed by atoms with Crippen molar-refractivity contribution in [3.8, 4) is 11.6 Å². The Bertz CT molecular complexity index is 1050. The summed E-state index contributed by atoms with van der Waals surface area (Å²) in [6, 6.07) is 17.7. The molecular weight excluding hydrogens is 388 g/mol. The highest BCUT2D eigenvalue weighted by molar-refractivity contribution is 5.94. The molecule has 1 atom stereocenters. The molecule has 6 heteroatoms. The lowest BCUT2D eigenvalue weighted by atomic mass is 10.1. The predicted molar refractivity (Wildman–Crippen MR) is 122 cm³/mol. The van der Waals surface area contributed by atoms with Gasteiger partial charge in [0.1, 0.15) is 17.9 Å². The van der Waals surface area contributed by atoms with Gasteiger partial charge in [0.05, 0.1) is 0 Å². The Labute approximate surface area is 183 Å². The van der Waals surface area contributed by atoms with Crippen LogP contribution in [0.25, 0.3) is 0 Å². The van der Waals surface area contributed by atoms with Gasteiger partial charge in [-0.3, -0.25) is 4.79 Å². The van der Waals surface area contributed by atoms with E-state index in [9.17, 15) is 4.79 Å². The van der Waals surface area contributed by atoms with Crippen molar-refractivity contribution in [2.45, 2.75) is 33.2 Å². The number of piperazine rings is 1. The maximum Gasteiger partial charge on any atom is 0.254 e. The predicted octanol–water partition coefficient (Wildman–Crippen LogP) is 4.49. The third-order valence-electron chi connectivity index (χ3n) is 5.66. The zero-order chi connectivity index (χ0) is 21.8. The zero-order valence-electron chi connectivity index (χ0n) is 18.3. The highest BCUT2D eigenvalue weighted by atomic mass is 16.5. The van der Waals surface area contributed by atoms with Crippen molar-refractivity contribution < 1.29 is 9.53 Å². The summed E-state index contributed by atoms with van der Waals surface area (Å²) in [7, 11) is 0. The van der Waals surface area contributed by atoms with Gasteiger partial charge < -0.3 is 14.5 Å². The van der Waals surface area contributed by atoms with Crippen molar-refractivity contribution >= 4 is 11.7 Å². The minimum Gasteiger partial charge on any atom is -0.439 e. The molecule has 0 aliphatic carbocycles. The molecule has 6 nitrogen and oxygen atoms in total. The first-order valence-electron chi connectivity index (χ1n) is 10.7. The second-order valence-corrected chi connectivity index (χ2v) is 7.98. The number of hydrogen-bond acceptors (Lipinski definition) is 5. The summed E-state index contributed by atoms with van der Waals surface area (Å²) in [5.41, 5.74) is 3.11. The molecule has 1 fully saturated rings. The molecule has 1 aliphatic heterocycles. The third kappa shape index (κ3) is 4.85. The molecule has 0 spiro atoms. The number of nitrogens with zero attached hydrogens (tertiary/aromatic N) is 4. The van der Waals surface area contributed by atoms with Crippen molar-refractivity contribution in [3.05, 3.63) is 77.6 Å². The van der Waals surface area contributed by atoms with E-state index in [-0.39, 0.29) is 11.9 Å². The number of benzene rings is 2. The molecule has 1 saturated heterocycles. The van der Waals surface area contributed by atoms with Crippen LogP contribution in [-0.2, 0) is 6.42 Å². The normalized spacial score (nSPS) is 16.3. The van der Waals surface area contributed by atoms with E-state index in [4.69, 9.17) is 4.74 Å². The fourth-order valence-corrected chi connectivity index (χ4v) is 3.87. The van der Waals surface area contributed by atoms with Crippen LogP contribution in [0.1, 0.15) is 35.3 Å². The minimum atomic E-state index is 0.0724. The van der Waals surface area contributed by atoms with Crippen molar-refractivity contribution in [1.82, 2.24) is 14.9 Å². The van der Waals surface area contributed by atoms with Crippen LogP contribution in [-0.4, -0.2) is 46.5 Å². The average Bonchev–Trinajstić information content (AvgIpc) is 2.79. The van der Waals surface area contributed by atoms with Crippen LogP contribution >= 0.6 is 0 Å². The number of amides is 1. The van der Waals surface area contributed by atoms with Crippen LogP contribution in [0.2, 0.25) is 0 Å². The molecular formula is C25H28N4O2. The number of carbonyl (C=O) groups excluding carboxylic acids is 1. The maximum atomic E-state index is 13.0. The maximum absolute atomic E-state index is 13.0. The smallest absolute Gasteiger partial charge is 0.254 e. The topological polar surface area (TPSA) is 58.6 Å². The Balaban J connectivity index is 1.43. The van der Waals surface area contributed by atoms with Crippen molar-refractivity contribution in [3.63, 3.8) is 0 Å². The van der Waals surface area contributed by atoms with Crippen molar-refractivity contribution in [2.75, 3.05) is 24.5 Å². The molecule has 4 rings (SSSR count). The lowest BCUT2D eigenvalue weighted by Gasteiger charge is -2.40. The largest absolute Gasteiger partial charge is 0.439 e. The van der Waals surface area contributed by atoms with E-state index in [0.29, 0.717) is 25.5 Å². The second kappa shape index (κ2) is 9.16. The molecule has 0 bridgehead atoms. The standard InChI is InChI=1S/C25H28N4O2/c1-4-20-8-10-21(11-9-20)25(30)29-13-12-28(16-19(29)3)23-15-24(27-17-26-23)31-22-7-5-6-18(2)14-22/h5-11,14-15,17,19H,4,12-13,16H2,1-3H3. The van der Waals surface area contributed by atoms with Crippen LogP contribution in [0.3, 0.4) is 0 Å². The molecule has 3 aromatic rings. The van der Waals surface area contributed by atoms with E-state index in [1.165, 1.54) is 11.9 Å². The first kappa shape index (κ1) is 20.8. The fraction of sp³-hybridized carbons (Fsp3) is 0.320. The van der Waals surface area contributed by atoms with Gasteiger partial charge >= 0.3 is 0 Å². The quantitative estimate of drug-likeness (QED) is 0.613. The monoisotopic (exact) mass is 416 g/mol. The highest BCUT2D eigenvalue weighted by Crippen LogP contribution is 2.25. The number of ether oxygens (including phenoxy) is 1. The Morgan fingerprint density at radius 2 is 1.90 bits per heavy atom. The van der Waals surface area contributed by atoms with E-state index in [1.54, 1.807) is 0 Å². The number of rotatable bonds is 5. The van der Waals surface area contributed by atoms with Crippen LogP contribution in [0.15, 0.2) is 60.9 Å². The van der Waals surface area contributed by atoms with Gasteiger partial charge in [-0.05, 0) is 55.7 Å². The highest BCUT2D eigenvalue weighted by Gasteiger charge is 2.29. The second-order valence-electron chi connectivity index (χ2n) is 7.98. The third-order valence-corrected chi connectivity index (χ3v) is 5.66. The van der Waals surface area contributed by atoms with Gasteiger partial charge in [0.15, 0.2) is 0 Å². The Morgan fingerprint density at radius 1 is 1.10 bits per heavy atom. The van der Waals surface area contributed by atoms with Gasteiger partial charge in [0.25, 0.3) is 5.91 Å². The lowest BCUT2D eigenvalue weighted by Crippen LogP contribution is -2.54. The summed E-state index contributed by atoms with van der Waals surface area (Å²) in [6.07, 6.45) is 2.50. The summed E-state index contributed by atoms with van der Waals surface area (Å²) >= 11 is 0. The lowest BCUT2D eigenvalue weighted by molar-refractivity contribution is 0.0673. The molecule has 160 valence electrons. The molecule has 0 radical (unpaired) electrons. The molecule has 1 aliphatic rings. The molecule has 31 heavy (non-hydrogen) atoms. The van der Waals surface area contributed by atoms with Gasteiger partial charge in [-0.25, -0.2) is 9.97 Å². The molecule has 0 saturated carbocycles. The Hall–Kier alpha value is -3.41. The number of carbonyl (C=O) groups is 1. The summed E-state index contributed by atoms with van der Waals surface area (Å²) in [5, 5.41) is 0. The number of aryl methyl sites for hydroxylation is 2. The van der Waals surface area contributed by atoms with Crippen molar-refractivity contribution in [1.29, 1.82) is 0 Å². The van der Waals surface area contributed by atoms with E-state index >= 15 is 0 Å². The molecule has 1 unspecified atom stereocenters. The Morgan fingerprint density at radius 3 is 2.61 bits per heavy atom. The average molecular weight is 417 g/mol. The first-order chi connectivity index (χ1) is 15.0. The number of aromatic nitrogens is 2. The van der Waals surface area contributed by atoms with Crippen LogP contribution in [0.4, 0.5) is 5.82 Å². The van der Waals surface area contributed by atoms with Gasteiger partial charge in [-0.15, -0.1) is 0 Å². The van der Waals surface area contributed by atoms with Crippen LogP contribution in [0, 0.1) is 6.92 Å². The van der Waals surface area contributed by atoms with Crippen LogP contribution < -0.4 is 9.64 Å². The SMILES string of the molecule is CCc1ccc(C(=O)N2CCN(c3cc(Oc4cccc(C)c4)ncn3)CC2C)cc1. The minimum absolute atomic E-state index is 0.0724. The molecule has 0 N–H and O–H groups in total. The van der Waals surface area contributed by atoms with E-state index in [2.05, 4.69) is 28.7 Å². The van der Waals surface area contributed by atoms with E-state index in [1.807, 2.05) is 66.4 Å². The van der Waals surface area contributed by atoms with Gasteiger partial charge in [0.2, 0.25) is 5.88 Å². The summed E-state index contributed by atoms with van der Waals surface area (Å²) in [6.45, 7) is 8.29. The number of hydrogen-bond donors (Lipinski definition) is 0. The van der Waals surface area contributed by atoms with Crippen LogP contribution in [0.5, 0.6) is 11.6 Å². The van der Waals surface area contributed by atoms with Gasteiger partial charge in [-0.1, -0.05) is 31.2 Å². The molecule has 2 aromatic carbocycles. The zero-order valence-corrected chi connectivity index (χ0v) is 18.3. The van der Waals surface area contributed by atoms with Crippen molar-refractivity contribution in [2.24, 2.45) is 0 Å². The molecule has 1 amide bonds. The Kier molecular flexibility index (Phi) is 6.16. The summed E-state index contributed by atoms with van der Waals surface area (Å²) < 4.78 is 5.91. The molecule has 1 aromatic heterocycles. The molecule has 2 heterocycles. The first-order valence-corrected chi connectivity index (χ1v) is 10.7. The van der Waals surface area contributed by atoms with E-state index in [0.717, 1.165) is 29.1 Å². The van der Waals surface area contributed by atoms with E-state index < -0.39 is 0 Å².